The van der Waals surface area contributed by atoms with Crippen molar-refractivity contribution in [1.29, 1.82) is 0 Å². The Hall–Kier alpha value is -2.10. The van der Waals surface area contributed by atoms with Gasteiger partial charge in [-0.25, -0.2) is 4.79 Å². The zero-order chi connectivity index (χ0) is 12.6. The van der Waals surface area contributed by atoms with Crippen LogP contribution < -0.4 is 0 Å². The lowest BCUT2D eigenvalue weighted by Crippen LogP contribution is -1.98. The maximum absolute atomic E-state index is 10.9. The van der Waals surface area contributed by atoms with Gasteiger partial charge >= 0.3 is 5.97 Å². The summed E-state index contributed by atoms with van der Waals surface area (Å²) >= 11 is 0. The summed E-state index contributed by atoms with van der Waals surface area (Å²) in [5.41, 5.74) is 4.77. The molecule has 0 amide bonds. The quantitative estimate of drug-likeness (QED) is 0.833. The van der Waals surface area contributed by atoms with Crippen molar-refractivity contribution >= 4 is 5.97 Å². The van der Waals surface area contributed by atoms with Gasteiger partial charge in [-0.05, 0) is 26.3 Å². The van der Waals surface area contributed by atoms with Gasteiger partial charge in [0.15, 0.2) is 0 Å². The van der Waals surface area contributed by atoms with Gasteiger partial charge in [-0.15, -0.1) is 0 Å². The number of carboxylic acids is 1. The van der Waals surface area contributed by atoms with E-state index in [0.29, 0.717) is 11.3 Å². The van der Waals surface area contributed by atoms with Crippen LogP contribution in [0.1, 0.15) is 27.2 Å². The molecule has 1 aromatic heterocycles. The fourth-order valence-corrected chi connectivity index (χ4v) is 1.95. The van der Waals surface area contributed by atoms with Crippen LogP contribution in [0, 0.1) is 20.8 Å². The van der Waals surface area contributed by atoms with E-state index in [1.807, 2.05) is 26.0 Å². The van der Waals surface area contributed by atoms with E-state index in [1.165, 1.54) is 5.56 Å². The normalized spacial score (nSPS) is 10.5. The third-order valence-corrected chi connectivity index (χ3v) is 2.86. The van der Waals surface area contributed by atoms with E-state index in [2.05, 4.69) is 16.3 Å². The van der Waals surface area contributed by atoms with E-state index in [4.69, 9.17) is 5.11 Å². The van der Waals surface area contributed by atoms with Crippen LogP contribution in [0.25, 0.3) is 11.3 Å². The molecule has 0 aliphatic rings. The highest BCUT2D eigenvalue weighted by Crippen LogP contribution is 2.26. The molecule has 0 radical (unpaired) electrons. The second-order valence-electron chi connectivity index (χ2n) is 4.20. The molecule has 0 atom stereocenters. The van der Waals surface area contributed by atoms with Crippen LogP contribution in [-0.2, 0) is 0 Å². The van der Waals surface area contributed by atoms with Crippen molar-refractivity contribution in [2.75, 3.05) is 0 Å². The molecule has 1 aromatic carbocycles. The van der Waals surface area contributed by atoms with Gasteiger partial charge in [0.25, 0.3) is 0 Å². The molecule has 4 heteroatoms. The van der Waals surface area contributed by atoms with Gasteiger partial charge in [-0.3, -0.25) is 5.10 Å². The Bertz CT molecular complexity index is 585. The highest BCUT2D eigenvalue weighted by molar-refractivity contribution is 5.89. The molecular formula is C13H14N2O2. The highest BCUT2D eigenvalue weighted by atomic mass is 16.4. The molecule has 1 heterocycles. The summed E-state index contributed by atoms with van der Waals surface area (Å²) < 4.78 is 0. The second-order valence-corrected chi connectivity index (χ2v) is 4.20. The van der Waals surface area contributed by atoms with E-state index in [1.54, 1.807) is 6.92 Å². The fourth-order valence-electron chi connectivity index (χ4n) is 1.95. The number of rotatable bonds is 2. The maximum atomic E-state index is 10.9. The smallest absolute Gasteiger partial charge is 0.354 e. The standard InChI is InChI=1S/C13H14N2O2/c1-7-4-5-10(8(2)6-7)11-9(3)12(13(16)17)15-14-11/h4-6H,1-3H3,(H,14,15)(H,16,17). The summed E-state index contributed by atoms with van der Waals surface area (Å²) in [5, 5.41) is 15.6. The van der Waals surface area contributed by atoms with Gasteiger partial charge in [0.2, 0.25) is 0 Å². The third-order valence-electron chi connectivity index (χ3n) is 2.86. The Morgan fingerprint density at radius 2 is 2.00 bits per heavy atom. The van der Waals surface area contributed by atoms with E-state index in [-0.39, 0.29) is 5.69 Å². The van der Waals surface area contributed by atoms with Crippen molar-refractivity contribution in [3.8, 4) is 11.3 Å². The zero-order valence-electron chi connectivity index (χ0n) is 10.0. The molecule has 0 aliphatic heterocycles. The SMILES string of the molecule is Cc1ccc(-c2n[nH]c(C(=O)O)c2C)c(C)c1. The van der Waals surface area contributed by atoms with Gasteiger partial charge in [0.1, 0.15) is 5.69 Å². The summed E-state index contributed by atoms with van der Waals surface area (Å²) in [7, 11) is 0. The van der Waals surface area contributed by atoms with Crippen molar-refractivity contribution < 1.29 is 9.90 Å². The number of hydrogen-bond acceptors (Lipinski definition) is 2. The molecule has 2 rings (SSSR count). The number of hydrogen-bond donors (Lipinski definition) is 2. The Morgan fingerprint density at radius 1 is 1.29 bits per heavy atom. The first-order chi connectivity index (χ1) is 8.00. The number of benzene rings is 1. The van der Waals surface area contributed by atoms with Gasteiger partial charge in [-0.1, -0.05) is 23.8 Å². The van der Waals surface area contributed by atoms with Crippen molar-refractivity contribution in [1.82, 2.24) is 10.2 Å². The van der Waals surface area contributed by atoms with Gasteiger partial charge in [0, 0.05) is 11.1 Å². The van der Waals surface area contributed by atoms with Crippen molar-refractivity contribution in [2.24, 2.45) is 0 Å². The van der Waals surface area contributed by atoms with E-state index < -0.39 is 5.97 Å². The first kappa shape index (κ1) is 11.4. The summed E-state index contributed by atoms with van der Waals surface area (Å²) in [6.45, 7) is 5.79. The van der Waals surface area contributed by atoms with Crippen molar-refractivity contribution in [3.05, 3.63) is 40.6 Å². The Balaban J connectivity index is 2.57. The minimum absolute atomic E-state index is 0.153. The lowest BCUT2D eigenvalue weighted by atomic mass is 10.0. The van der Waals surface area contributed by atoms with Crippen LogP contribution in [0.2, 0.25) is 0 Å². The molecule has 88 valence electrons. The minimum atomic E-state index is -0.981. The van der Waals surface area contributed by atoms with E-state index in [0.717, 1.165) is 11.1 Å². The van der Waals surface area contributed by atoms with Crippen LogP contribution in [0.4, 0.5) is 0 Å². The van der Waals surface area contributed by atoms with Gasteiger partial charge < -0.3 is 5.11 Å². The fraction of sp³-hybridized carbons (Fsp3) is 0.231. The first-order valence-electron chi connectivity index (χ1n) is 5.36. The summed E-state index contributed by atoms with van der Waals surface area (Å²) in [6.07, 6.45) is 0. The molecule has 4 nitrogen and oxygen atoms in total. The largest absolute Gasteiger partial charge is 0.477 e. The topological polar surface area (TPSA) is 66.0 Å². The highest BCUT2D eigenvalue weighted by Gasteiger charge is 2.16. The molecule has 2 aromatic rings. The number of aromatic carboxylic acids is 1. The molecule has 0 aliphatic carbocycles. The number of nitrogens with one attached hydrogen (secondary N) is 1. The average molecular weight is 230 g/mol. The van der Waals surface area contributed by atoms with Crippen LogP contribution in [0.5, 0.6) is 0 Å². The van der Waals surface area contributed by atoms with Crippen LogP contribution in [-0.4, -0.2) is 21.3 Å². The molecular weight excluding hydrogens is 216 g/mol. The number of aryl methyl sites for hydroxylation is 2. The Morgan fingerprint density at radius 3 is 2.53 bits per heavy atom. The molecule has 2 N–H and O–H groups in total. The molecule has 0 unspecified atom stereocenters. The zero-order valence-corrected chi connectivity index (χ0v) is 10.0. The molecule has 0 spiro atoms. The van der Waals surface area contributed by atoms with Crippen LogP contribution in [0.15, 0.2) is 18.2 Å². The molecule has 0 fully saturated rings. The Labute approximate surface area is 99.3 Å². The second kappa shape index (κ2) is 4.05. The lowest BCUT2D eigenvalue weighted by Gasteiger charge is -2.04. The van der Waals surface area contributed by atoms with Crippen LogP contribution in [0.3, 0.4) is 0 Å². The minimum Gasteiger partial charge on any atom is -0.477 e. The van der Waals surface area contributed by atoms with E-state index >= 15 is 0 Å². The third kappa shape index (κ3) is 1.93. The van der Waals surface area contributed by atoms with Crippen molar-refractivity contribution in [2.45, 2.75) is 20.8 Å². The number of nitrogens with zero attached hydrogens (tertiary/aromatic N) is 1. The number of carbonyl (C=O) groups is 1. The number of carboxylic acid groups (broad SMARTS) is 1. The monoisotopic (exact) mass is 230 g/mol. The molecule has 17 heavy (non-hydrogen) atoms. The maximum Gasteiger partial charge on any atom is 0.354 e. The summed E-state index contributed by atoms with van der Waals surface area (Å²) in [6, 6.07) is 6.03. The number of aromatic amines is 1. The van der Waals surface area contributed by atoms with Gasteiger partial charge in [-0.2, -0.15) is 5.10 Å². The number of H-pyrrole nitrogens is 1. The Kier molecular flexibility index (Phi) is 2.71. The first-order valence-corrected chi connectivity index (χ1v) is 5.36. The van der Waals surface area contributed by atoms with Gasteiger partial charge in [0.05, 0.1) is 5.69 Å². The molecule has 0 saturated heterocycles. The summed E-state index contributed by atoms with van der Waals surface area (Å²) in [4.78, 5) is 10.9. The van der Waals surface area contributed by atoms with Crippen LogP contribution >= 0.6 is 0 Å². The average Bonchev–Trinajstić information content (AvgIpc) is 2.60. The molecule has 0 bridgehead atoms. The molecule has 0 saturated carbocycles. The van der Waals surface area contributed by atoms with E-state index in [9.17, 15) is 4.79 Å². The summed E-state index contributed by atoms with van der Waals surface area (Å²) in [5.74, 6) is -0.981. The lowest BCUT2D eigenvalue weighted by molar-refractivity contribution is 0.0689. The predicted molar refractivity (Wildman–Crippen MR) is 65.2 cm³/mol. The predicted octanol–water partition coefficient (Wildman–Crippen LogP) is 2.70. The number of aromatic nitrogens is 2. The van der Waals surface area contributed by atoms with Crippen molar-refractivity contribution in [3.63, 3.8) is 0 Å².